The fourth-order valence-electron chi connectivity index (χ4n) is 3.67. The van der Waals surface area contributed by atoms with Gasteiger partial charge in [0.2, 0.25) is 0 Å². The Bertz CT molecular complexity index is 1040. The van der Waals surface area contributed by atoms with Crippen LogP contribution in [0.4, 0.5) is 5.69 Å². The van der Waals surface area contributed by atoms with Crippen molar-refractivity contribution in [2.45, 2.75) is 13.5 Å². The van der Waals surface area contributed by atoms with Crippen molar-refractivity contribution in [3.63, 3.8) is 0 Å². The number of rotatable bonds is 8. The molecule has 1 aliphatic rings. The summed E-state index contributed by atoms with van der Waals surface area (Å²) >= 11 is 5.87. The van der Waals surface area contributed by atoms with Crippen LogP contribution in [0.1, 0.15) is 22.8 Å². The second kappa shape index (κ2) is 10.5. The number of anilines is 1. The minimum atomic E-state index is -0.389. The molecule has 0 radical (unpaired) electrons. The van der Waals surface area contributed by atoms with Crippen LogP contribution in [-0.2, 0) is 6.54 Å². The molecule has 1 amide bonds. The highest BCUT2D eigenvalue weighted by atomic mass is 35.5. The molecule has 0 aliphatic carbocycles. The Kier molecular flexibility index (Phi) is 7.72. The molecule has 10 nitrogen and oxygen atoms in total. The molecule has 0 bridgehead atoms. The number of carbonyl (C=O) groups is 1. The molecule has 0 atom stereocenters. The number of amides is 1. The zero-order chi connectivity index (χ0) is 24.1. The number of nitrogens with one attached hydrogen (secondary N) is 1. The molecule has 1 aromatic carbocycles. The van der Waals surface area contributed by atoms with Gasteiger partial charge in [0, 0.05) is 51.7 Å². The highest BCUT2D eigenvalue weighted by Crippen LogP contribution is 2.23. The molecule has 2 aromatic rings. The lowest BCUT2D eigenvalue weighted by molar-refractivity contribution is -0.434. The third kappa shape index (κ3) is 5.91. The normalized spacial score (nSPS) is 14.3. The largest absolute Gasteiger partial charge is 0.378 e. The van der Waals surface area contributed by atoms with Gasteiger partial charge in [-0.2, -0.15) is 5.01 Å². The number of nitrogens with zero attached hydrogens (tertiary/aromatic N) is 6. The van der Waals surface area contributed by atoms with E-state index >= 15 is 0 Å². The number of aromatic nitrogens is 1. The lowest BCUT2D eigenvalue weighted by atomic mass is 10.2. The second-order valence-electron chi connectivity index (χ2n) is 7.95. The Balaban J connectivity index is 1.80. The number of pyridine rings is 1. The van der Waals surface area contributed by atoms with Gasteiger partial charge >= 0.3 is 5.70 Å². The third-order valence-corrected chi connectivity index (χ3v) is 5.51. The number of hydrogen-bond acceptors (Lipinski definition) is 8. The first kappa shape index (κ1) is 24.3. The zero-order valence-electron chi connectivity index (χ0n) is 19.2. The first-order valence-electron chi connectivity index (χ1n) is 10.5. The van der Waals surface area contributed by atoms with Gasteiger partial charge in [-0.15, -0.1) is 0 Å². The van der Waals surface area contributed by atoms with Crippen LogP contribution < -0.4 is 10.3 Å². The standard InChI is InChI=1S/C22H28ClN7O3/c1-5-28(13-16-9-10-20(23)24-12-16)22-19(30(32)33)14-29(15-27(22)4)25-21(31)17-7-6-8-18(11-17)26(2)3/h6-12H,5,13-15H2,1-4H3,(H,25,31). The summed E-state index contributed by atoms with van der Waals surface area (Å²) in [7, 11) is 5.56. The molecule has 2 heterocycles. The predicted molar refractivity (Wildman–Crippen MR) is 127 cm³/mol. The highest BCUT2D eigenvalue weighted by molar-refractivity contribution is 6.29. The van der Waals surface area contributed by atoms with Crippen LogP contribution >= 0.6 is 11.6 Å². The molecule has 3 rings (SSSR count). The van der Waals surface area contributed by atoms with Gasteiger partial charge in [-0.25, -0.2) is 4.98 Å². The minimum Gasteiger partial charge on any atom is -0.378 e. The molecule has 1 N–H and O–H groups in total. The van der Waals surface area contributed by atoms with E-state index in [0.717, 1.165) is 11.3 Å². The van der Waals surface area contributed by atoms with E-state index in [1.165, 1.54) is 0 Å². The summed E-state index contributed by atoms with van der Waals surface area (Å²) in [6.45, 7) is 3.21. The summed E-state index contributed by atoms with van der Waals surface area (Å²) in [4.78, 5) is 34.1. The summed E-state index contributed by atoms with van der Waals surface area (Å²) in [6.07, 6.45) is 1.66. The average molecular weight is 474 g/mol. The maximum atomic E-state index is 12.8. The lowest BCUT2D eigenvalue weighted by Gasteiger charge is -2.39. The quantitative estimate of drug-likeness (QED) is 0.355. The monoisotopic (exact) mass is 473 g/mol. The molecular weight excluding hydrogens is 446 g/mol. The number of hydrazine groups is 1. The summed E-state index contributed by atoms with van der Waals surface area (Å²) in [5.41, 5.74) is 5.07. The highest BCUT2D eigenvalue weighted by Gasteiger charge is 2.34. The third-order valence-electron chi connectivity index (χ3n) is 5.29. The van der Waals surface area contributed by atoms with Crippen LogP contribution in [0.15, 0.2) is 54.1 Å². The van der Waals surface area contributed by atoms with Gasteiger partial charge in [0.25, 0.3) is 5.91 Å². The molecule has 11 heteroatoms. The van der Waals surface area contributed by atoms with Crippen LogP contribution in [0.3, 0.4) is 0 Å². The van der Waals surface area contributed by atoms with E-state index in [0.29, 0.717) is 36.3 Å². The number of carbonyl (C=O) groups excluding carboxylic acids is 1. The molecular formula is C22H28ClN7O3. The summed E-state index contributed by atoms with van der Waals surface area (Å²) in [6, 6.07) is 10.7. The van der Waals surface area contributed by atoms with Crippen molar-refractivity contribution in [1.82, 2.24) is 25.2 Å². The first-order valence-corrected chi connectivity index (χ1v) is 10.8. The van der Waals surface area contributed by atoms with Crippen LogP contribution in [0.25, 0.3) is 0 Å². The Hall–Kier alpha value is -3.37. The lowest BCUT2D eigenvalue weighted by Crippen LogP contribution is -2.54. The topological polar surface area (TPSA) is 98.1 Å². The molecule has 0 saturated heterocycles. The van der Waals surface area contributed by atoms with Gasteiger partial charge in [0.05, 0.1) is 11.6 Å². The van der Waals surface area contributed by atoms with E-state index in [9.17, 15) is 14.9 Å². The first-order chi connectivity index (χ1) is 15.7. The van der Waals surface area contributed by atoms with E-state index < -0.39 is 0 Å². The Morgan fingerprint density at radius 1 is 1.30 bits per heavy atom. The second-order valence-corrected chi connectivity index (χ2v) is 8.34. The minimum absolute atomic E-state index is 0.00913. The fourth-order valence-corrected chi connectivity index (χ4v) is 3.79. The molecule has 33 heavy (non-hydrogen) atoms. The van der Waals surface area contributed by atoms with Crippen molar-refractivity contribution < 1.29 is 9.72 Å². The Morgan fingerprint density at radius 2 is 2.06 bits per heavy atom. The molecule has 0 fully saturated rings. The van der Waals surface area contributed by atoms with Crippen molar-refractivity contribution in [2.24, 2.45) is 0 Å². The number of hydrogen-bond donors (Lipinski definition) is 1. The summed E-state index contributed by atoms with van der Waals surface area (Å²) in [5.74, 6) is 0.190. The van der Waals surface area contributed by atoms with Gasteiger partial charge in [-0.3, -0.25) is 20.3 Å². The average Bonchev–Trinajstić information content (AvgIpc) is 2.78. The van der Waals surface area contributed by atoms with Crippen molar-refractivity contribution in [1.29, 1.82) is 0 Å². The van der Waals surface area contributed by atoms with E-state index in [2.05, 4.69) is 10.4 Å². The van der Waals surface area contributed by atoms with Gasteiger partial charge in [-0.1, -0.05) is 23.7 Å². The van der Waals surface area contributed by atoms with Crippen molar-refractivity contribution in [3.05, 3.63) is 80.5 Å². The van der Waals surface area contributed by atoms with Crippen molar-refractivity contribution in [3.8, 4) is 0 Å². The molecule has 1 aliphatic heterocycles. The van der Waals surface area contributed by atoms with E-state index in [-0.39, 0.29) is 23.1 Å². The van der Waals surface area contributed by atoms with Gasteiger partial charge < -0.3 is 14.7 Å². The summed E-state index contributed by atoms with van der Waals surface area (Å²) < 4.78 is 0. The van der Waals surface area contributed by atoms with Crippen LogP contribution in [0.5, 0.6) is 0 Å². The molecule has 0 spiro atoms. The number of benzene rings is 1. The molecule has 176 valence electrons. The fraction of sp³-hybridized carbons (Fsp3) is 0.364. The van der Waals surface area contributed by atoms with E-state index in [4.69, 9.17) is 11.6 Å². The number of halogens is 1. The number of nitro groups is 1. The molecule has 0 unspecified atom stereocenters. The van der Waals surface area contributed by atoms with Crippen molar-refractivity contribution in [2.75, 3.05) is 45.8 Å². The maximum Gasteiger partial charge on any atom is 0.302 e. The van der Waals surface area contributed by atoms with Crippen LogP contribution in [0, 0.1) is 10.1 Å². The predicted octanol–water partition coefficient (Wildman–Crippen LogP) is 2.62. The zero-order valence-corrected chi connectivity index (χ0v) is 19.9. The van der Waals surface area contributed by atoms with Crippen LogP contribution in [0.2, 0.25) is 5.15 Å². The Labute approximate surface area is 198 Å². The molecule has 1 aromatic heterocycles. The van der Waals surface area contributed by atoms with Crippen LogP contribution in [-0.4, -0.2) is 71.5 Å². The van der Waals surface area contributed by atoms with E-state index in [1.807, 2.05) is 43.0 Å². The maximum absolute atomic E-state index is 12.8. The van der Waals surface area contributed by atoms with Crippen molar-refractivity contribution >= 4 is 23.2 Å². The Morgan fingerprint density at radius 3 is 2.67 bits per heavy atom. The summed E-state index contributed by atoms with van der Waals surface area (Å²) in [5, 5.41) is 13.9. The molecule has 0 saturated carbocycles. The van der Waals surface area contributed by atoms with Gasteiger partial charge in [0.1, 0.15) is 11.7 Å². The van der Waals surface area contributed by atoms with E-state index in [1.54, 1.807) is 47.4 Å². The van der Waals surface area contributed by atoms with Gasteiger partial charge in [0.15, 0.2) is 5.82 Å². The SMILES string of the molecule is CCN(Cc1ccc(Cl)nc1)C1=C([N+](=O)[O-])CN(NC(=O)c2cccc(N(C)C)c2)CN1C. The van der Waals surface area contributed by atoms with Gasteiger partial charge in [-0.05, 0) is 36.8 Å². The smallest absolute Gasteiger partial charge is 0.302 e.